The minimum atomic E-state index is -0.435. The van der Waals surface area contributed by atoms with Crippen LogP contribution in [0.2, 0.25) is 0 Å². The fraction of sp³-hybridized carbons (Fsp3) is 0.250. The van der Waals surface area contributed by atoms with E-state index >= 15 is 0 Å². The van der Waals surface area contributed by atoms with Crippen LogP contribution in [0, 0.1) is 13.8 Å². The molecule has 0 atom stereocenters. The maximum atomic E-state index is 12.1. The van der Waals surface area contributed by atoms with Gasteiger partial charge in [0.25, 0.3) is 17.7 Å². The number of amides is 3. The van der Waals surface area contributed by atoms with Crippen LogP contribution in [0.5, 0.6) is 0 Å². The van der Waals surface area contributed by atoms with Gasteiger partial charge < -0.3 is 9.73 Å². The summed E-state index contributed by atoms with van der Waals surface area (Å²) in [5.74, 6) is 0.0657. The van der Waals surface area contributed by atoms with E-state index in [1.807, 2.05) is 0 Å². The molecule has 1 aliphatic rings. The third-order valence-electron chi connectivity index (χ3n) is 3.64. The lowest BCUT2D eigenvalue weighted by Gasteiger charge is -2.13. The van der Waals surface area contributed by atoms with E-state index < -0.39 is 5.91 Å². The van der Waals surface area contributed by atoms with Gasteiger partial charge in [0.05, 0.1) is 11.1 Å². The summed E-state index contributed by atoms with van der Waals surface area (Å²) in [6, 6.07) is 4.83. The van der Waals surface area contributed by atoms with Crippen LogP contribution >= 0.6 is 0 Å². The normalized spacial score (nSPS) is 13.4. The third-order valence-corrected chi connectivity index (χ3v) is 3.64. The van der Waals surface area contributed by atoms with E-state index in [4.69, 9.17) is 4.42 Å². The molecule has 2 aromatic rings. The molecule has 3 heterocycles. The van der Waals surface area contributed by atoms with Crippen LogP contribution in [0.3, 0.4) is 0 Å². The van der Waals surface area contributed by atoms with Gasteiger partial charge >= 0.3 is 0 Å². The monoisotopic (exact) mass is 313 g/mol. The first-order chi connectivity index (χ1) is 11.0. The standard InChI is InChI=1S/C16H15N3O4/c1-9-8-12(10(2)23-9)14(20)18-6-7-19-15(21)11-4-3-5-17-13(11)16(19)22/h3-5,8H,6-7H2,1-2H3,(H,18,20). The smallest absolute Gasteiger partial charge is 0.280 e. The Morgan fingerprint density at radius 2 is 2.09 bits per heavy atom. The topological polar surface area (TPSA) is 92.5 Å². The van der Waals surface area contributed by atoms with Crippen molar-refractivity contribution < 1.29 is 18.8 Å². The van der Waals surface area contributed by atoms with Crippen LogP contribution in [-0.4, -0.2) is 40.7 Å². The summed E-state index contributed by atoms with van der Waals surface area (Å²) < 4.78 is 5.30. The largest absolute Gasteiger partial charge is 0.466 e. The van der Waals surface area contributed by atoms with Gasteiger partial charge in [-0.25, -0.2) is 0 Å². The zero-order valence-corrected chi connectivity index (χ0v) is 12.8. The number of nitrogens with zero attached hydrogens (tertiary/aromatic N) is 2. The molecule has 1 N–H and O–H groups in total. The zero-order valence-electron chi connectivity index (χ0n) is 12.8. The van der Waals surface area contributed by atoms with E-state index in [1.54, 1.807) is 32.0 Å². The first-order valence-corrected chi connectivity index (χ1v) is 7.15. The van der Waals surface area contributed by atoms with Crippen molar-refractivity contribution in [3.05, 3.63) is 52.7 Å². The fourth-order valence-corrected chi connectivity index (χ4v) is 2.55. The lowest BCUT2D eigenvalue weighted by molar-refractivity contribution is 0.0648. The Kier molecular flexibility index (Phi) is 3.69. The number of furan rings is 1. The molecule has 1 aliphatic heterocycles. The molecule has 7 heteroatoms. The summed E-state index contributed by atoms with van der Waals surface area (Å²) in [5, 5.41) is 2.68. The predicted octanol–water partition coefficient (Wildman–Crippen LogP) is 1.32. The van der Waals surface area contributed by atoms with Crippen molar-refractivity contribution in [1.82, 2.24) is 15.2 Å². The average Bonchev–Trinajstić information content (AvgIpc) is 2.99. The number of carbonyl (C=O) groups excluding carboxylic acids is 3. The molecular formula is C16H15N3O4. The van der Waals surface area contributed by atoms with E-state index in [0.717, 1.165) is 4.90 Å². The molecule has 2 aromatic heterocycles. The van der Waals surface area contributed by atoms with Crippen molar-refractivity contribution in [2.24, 2.45) is 0 Å². The molecule has 0 spiro atoms. The van der Waals surface area contributed by atoms with Crippen molar-refractivity contribution >= 4 is 17.7 Å². The zero-order chi connectivity index (χ0) is 16.6. The number of aromatic nitrogens is 1. The SMILES string of the molecule is Cc1cc(C(=O)NCCN2C(=O)c3cccnc3C2=O)c(C)o1. The number of rotatable bonds is 4. The summed E-state index contributed by atoms with van der Waals surface area (Å²) in [5.41, 5.74) is 0.904. The van der Waals surface area contributed by atoms with Gasteiger partial charge in [-0.1, -0.05) is 0 Å². The maximum absolute atomic E-state index is 12.1. The molecular weight excluding hydrogens is 298 g/mol. The van der Waals surface area contributed by atoms with Crippen LogP contribution in [0.25, 0.3) is 0 Å². The fourth-order valence-electron chi connectivity index (χ4n) is 2.55. The van der Waals surface area contributed by atoms with Crippen LogP contribution in [-0.2, 0) is 0 Å². The summed E-state index contributed by atoms with van der Waals surface area (Å²) in [6.45, 7) is 3.72. The molecule has 0 aliphatic carbocycles. The number of imide groups is 1. The molecule has 3 rings (SSSR count). The quantitative estimate of drug-likeness (QED) is 0.859. The molecule has 0 bridgehead atoms. The Balaban J connectivity index is 1.62. The summed E-state index contributed by atoms with van der Waals surface area (Å²) in [6.07, 6.45) is 1.47. The summed E-state index contributed by atoms with van der Waals surface area (Å²) in [4.78, 5) is 41.4. The van der Waals surface area contributed by atoms with Crippen molar-refractivity contribution in [2.45, 2.75) is 13.8 Å². The van der Waals surface area contributed by atoms with Gasteiger partial charge in [-0.2, -0.15) is 0 Å². The highest BCUT2D eigenvalue weighted by molar-refractivity contribution is 6.20. The second-order valence-electron chi connectivity index (χ2n) is 5.24. The molecule has 23 heavy (non-hydrogen) atoms. The molecule has 0 saturated carbocycles. The number of hydrogen-bond donors (Lipinski definition) is 1. The Morgan fingerprint density at radius 3 is 2.74 bits per heavy atom. The lowest BCUT2D eigenvalue weighted by atomic mass is 10.2. The number of aryl methyl sites for hydroxylation is 2. The summed E-state index contributed by atoms with van der Waals surface area (Å²) in [7, 11) is 0. The van der Waals surface area contributed by atoms with Crippen molar-refractivity contribution in [3.8, 4) is 0 Å². The molecule has 0 unspecified atom stereocenters. The van der Waals surface area contributed by atoms with E-state index in [0.29, 0.717) is 22.6 Å². The van der Waals surface area contributed by atoms with Gasteiger partial charge in [-0.15, -0.1) is 0 Å². The van der Waals surface area contributed by atoms with Crippen molar-refractivity contribution in [3.63, 3.8) is 0 Å². The minimum absolute atomic E-state index is 0.0929. The molecule has 0 saturated heterocycles. The van der Waals surface area contributed by atoms with E-state index in [-0.39, 0.29) is 30.6 Å². The molecule has 3 amide bonds. The first kappa shape index (κ1) is 15.0. The Labute approximate surface area is 132 Å². The van der Waals surface area contributed by atoms with E-state index in [9.17, 15) is 14.4 Å². The second-order valence-corrected chi connectivity index (χ2v) is 5.24. The molecule has 0 aromatic carbocycles. The number of fused-ring (bicyclic) bond motifs is 1. The Bertz CT molecular complexity index is 774. The van der Waals surface area contributed by atoms with Gasteiger partial charge in [0.1, 0.15) is 17.2 Å². The minimum Gasteiger partial charge on any atom is -0.466 e. The van der Waals surface area contributed by atoms with Crippen molar-refractivity contribution in [2.75, 3.05) is 13.1 Å². The van der Waals surface area contributed by atoms with Gasteiger partial charge in [0.15, 0.2) is 0 Å². The van der Waals surface area contributed by atoms with Crippen LogP contribution < -0.4 is 5.32 Å². The van der Waals surface area contributed by atoms with E-state index in [2.05, 4.69) is 10.3 Å². The Hall–Kier alpha value is -2.96. The van der Waals surface area contributed by atoms with Crippen LogP contribution in [0.1, 0.15) is 42.7 Å². The average molecular weight is 313 g/mol. The van der Waals surface area contributed by atoms with Gasteiger partial charge in [-0.05, 0) is 32.0 Å². The third kappa shape index (κ3) is 2.61. The maximum Gasteiger partial charge on any atom is 0.280 e. The number of pyridine rings is 1. The Morgan fingerprint density at radius 1 is 1.30 bits per heavy atom. The highest BCUT2D eigenvalue weighted by Crippen LogP contribution is 2.19. The van der Waals surface area contributed by atoms with Crippen molar-refractivity contribution in [1.29, 1.82) is 0 Å². The molecule has 0 radical (unpaired) electrons. The first-order valence-electron chi connectivity index (χ1n) is 7.15. The summed E-state index contributed by atoms with van der Waals surface area (Å²) >= 11 is 0. The second kappa shape index (κ2) is 5.68. The molecule has 0 fully saturated rings. The van der Waals surface area contributed by atoms with Crippen LogP contribution in [0.4, 0.5) is 0 Å². The molecule has 7 nitrogen and oxygen atoms in total. The highest BCUT2D eigenvalue weighted by Gasteiger charge is 2.36. The highest BCUT2D eigenvalue weighted by atomic mass is 16.3. The lowest BCUT2D eigenvalue weighted by Crippen LogP contribution is -2.38. The predicted molar refractivity (Wildman–Crippen MR) is 80.1 cm³/mol. The number of nitrogens with one attached hydrogen (secondary N) is 1. The van der Waals surface area contributed by atoms with Gasteiger partial charge in [0, 0.05) is 19.3 Å². The van der Waals surface area contributed by atoms with Crippen LogP contribution in [0.15, 0.2) is 28.8 Å². The van der Waals surface area contributed by atoms with E-state index in [1.165, 1.54) is 6.20 Å². The molecule has 118 valence electrons. The van der Waals surface area contributed by atoms with Gasteiger partial charge in [0.2, 0.25) is 0 Å². The van der Waals surface area contributed by atoms with Gasteiger partial charge in [-0.3, -0.25) is 24.3 Å². The number of carbonyl (C=O) groups is 3. The number of hydrogen-bond acceptors (Lipinski definition) is 5.